The molecule has 1 N–H and O–H groups in total. The molecule has 1 aromatic rings. The minimum absolute atomic E-state index is 0.533. The van der Waals surface area contributed by atoms with Crippen molar-refractivity contribution in [2.45, 2.75) is 91.1 Å². The number of nitrogens with zero attached hydrogens (tertiary/aromatic N) is 1. The van der Waals surface area contributed by atoms with E-state index in [-0.39, 0.29) is 0 Å². The van der Waals surface area contributed by atoms with Crippen LogP contribution in [-0.4, -0.2) is 11.0 Å². The topological polar surface area (TPSA) is 24.9 Å². The minimum Gasteiger partial charge on any atom is -0.310 e. The van der Waals surface area contributed by atoms with E-state index < -0.39 is 0 Å². The average Bonchev–Trinajstić information content (AvgIpc) is 2.89. The first-order chi connectivity index (χ1) is 10.0. The maximum atomic E-state index is 5.04. The van der Waals surface area contributed by atoms with Crippen molar-refractivity contribution >= 4 is 11.3 Å². The first-order valence-electron chi connectivity index (χ1n) is 8.74. The van der Waals surface area contributed by atoms with Gasteiger partial charge in [-0.05, 0) is 37.5 Å². The summed E-state index contributed by atoms with van der Waals surface area (Å²) in [7, 11) is 0. The molecule has 120 valence electrons. The van der Waals surface area contributed by atoms with Crippen LogP contribution in [0.5, 0.6) is 0 Å². The fourth-order valence-corrected chi connectivity index (χ4v) is 4.59. The Balaban J connectivity index is 2.08. The van der Waals surface area contributed by atoms with E-state index in [1.807, 2.05) is 11.3 Å². The van der Waals surface area contributed by atoms with Crippen LogP contribution < -0.4 is 5.32 Å². The molecule has 0 atom stereocenters. The number of aromatic nitrogens is 1. The second-order valence-corrected chi connectivity index (χ2v) is 8.29. The van der Waals surface area contributed by atoms with Crippen LogP contribution in [-0.2, 0) is 6.54 Å². The van der Waals surface area contributed by atoms with Gasteiger partial charge in [0.2, 0.25) is 0 Å². The number of hydrogen-bond donors (Lipinski definition) is 1. The zero-order valence-electron chi connectivity index (χ0n) is 14.4. The molecule has 1 aliphatic rings. The monoisotopic (exact) mass is 308 g/mol. The predicted octanol–water partition coefficient (Wildman–Crippen LogP) is 5.45. The van der Waals surface area contributed by atoms with Gasteiger partial charge >= 0.3 is 0 Å². The van der Waals surface area contributed by atoms with Gasteiger partial charge in [0.15, 0.2) is 0 Å². The zero-order valence-corrected chi connectivity index (χ0v) is 15.2. The van der Waals surface area contributed by atoms with Gasteiger partial charge in [-0.25, -0.2) is 4.98 Å². The number of thiazole rings is 1. The van der Waals surface area contributed by atoms with Crippen molar-refractivity contribution in [3.63, 3.8) is 0 Å². The normalized spacial score (nSPS) is 23.2. The van der Waals surface area contributed by atoms with Crippen molar-refractivity contribution < 1.29 is 0 Å². The third-order valence-electron chi connectivity index (χ3n) is 4.74. The van der Waals surface area contributed by atoms with Crippen molar-refractivity contribution in [3.05, 3.63) is 15.6 Å². The molecular formula is C18H32N2S. The summed E-state index contributed by atoms with van der Waals surface area (Å²) in [4.78, 5) is 6.50. The van der Waals surface area contributed by atoms with Crippen LogP contribution in [0.2, 0.25) is 0 Å². The standard InChI is InChI=1S/C18H32N2S/c1-6-14-7-9-15(10-8-14)18-20-17(12(2)3)16(21-18)11-19-13(4)5/h12-15,19H,6-11H2,1-5H3. The Labute approximate surface area is 134 Å². The highest BCUT2D eigenvalue weighted by atomic mass is 32.1. The highest BCUT2D eigenvalue weighted by molar-refractivity contribution is 7.11. The summed E-state index contributed by atoms with van der Waals surface area (Å²) in [5.74, 6) is 2.22. The maximum absolute atomic E-state index is 5.04. The van der Waals surface area contributed by atoms with Gasteiger partial charge in [0, 0.05) is 23.4 Å². The summed E-state index contributed by atoms with van der Waals surface area (Å²) < 4.78 is 0. The molecule has 1 heterocycles. The molecule has 0 bridgehead atoms. The molecular weight excluding hydrogens is 276 g/mol. The molecule has 3 heteroatoms. The average molecular weight is 309 g/mol. The van der Waals surface area contributed by atoms with Crippen molar-refractivity contribution in [1.82, 2.24) is 10.3 Å². The summed E-state index contributed by atoms with van der Waals surface area (Å²) >= 11 is 1.97. The van der Waals surface area contributed by atoms with Crippen LogP contribution in [0.15, 0.2) is 0 Å². The van der Waals surface area contributed by atoms with Crippen LogP contribution in [0.1, 0.15) is 94.1 Å². The van der Waals surface area contributed by atoms with Gasteiger partial charge < -0.3 is 5.32 Å². The SMILES string of the molecule is CCC1CCC(c2nc(C(C)C)c(CNC(C)C)s2)CC1. The molecule has 0 amide bonds. The molecule has 21 heavy (non-hydrogen) atoms. The van der Waals surface area contributed by atoms with Gasteiger partial charge in [-0.15, -0.1) is 11.3 Å². The van der Waals surface area contributed by atoms with Gasteiger partial charge in [-0.3, -0.25) is 0 Å². The van der Waals surface area contributed by atoms with Crippen molar-refractivity contribution in [1.29, 1.82) is 0 Å². The van der Waals surface area contributed by atoms with Crippen molar-refractivity contribution in [3.8, 4) is 0 Å². The highest BCUT2D eigenvalue weighted by Gasteiger charge is 2.25. The Morgan fingerprint density at radius 2 is 1.81 bits per heavy atom. The molecule has 0 radical (unpaired) electrons. The van der Waals surface area contributed by atoms with Gasteiger partial charge in [0.25, 0.3) is 0 Å². The molecule has 0 aromatic carbocycles. The lowest BCUT2D eigenvalue weighted by molar-refractivity contribution is 0.318. The molecule has 0 spiro atoms. The number of hydrogen-bond acceptors (Lipinski definition) is 3. The molecule has 2 rings (SSSR count). The second-order valence-electron chi connectivity index (χ2n) is 7.18. The quantitative estimate of drug-likeness (QED) is 0.756. The van der Waals surface area contributed by atoms with E-state index in [2.05, 4.69) is 39.9 Å². The first-order valence-corrected chi connectivity index (χ1v) is 9.55. The van der Waals surface area contributed by atoms with E-state index in [4.69, 9.17) is 4.98 Å². The third kappa shape index (κ3) is 4.53. The van der Waals surface area contributed by atoms with Crippen LogP contribution in [0.3, 0.4) is 0 Å². The van der Waals surface area contributed by atoms with Gasteiger partial charge in [0.05, 0.1) is 10.7 Å². The summed E-state index contributed by atoms with van der Waals surface area (Å²) in [5, 5.41) is 4.97. The van der Waals surface area contributed by atoms with E-state index in [0.29, 0.717) is 12.0 Å². The van der Waals surface area contributed by atoms with Crippen LogP contribution in [0, 0.1) is 5.92 Å². The molecule has 0 saturated heterocycles. The van der Waals surface area contributed by atoms with Gasteiger partial charge in [0.1, 0.15) is 0 Å². The summed E-state index contributed by atoms with van der Waals surface area (Å²) in [6, 6.07) is 0.538. The minimum atomic E-state index is 0.533. The first kappa shape index (κ1) is 17.0. The largest absolute Gasteiger partial charge is 0.310 e. The summed E-state index contributed by atoms with van der Waals surface area (Å²) in [6.07, 6.45) is 6.85. The Morgan fingerprint density at radius 3 is 2.33 bits per heavy atom. The fraction of sp³-hybridized carbons (Fsp3) is 0.833. The lowest BCUT2D eigenvalue weighted by atomic mass is 9.81. The Morgan fingerprint density at radius 1 is 1.14 bits per heavy atom. The van der Waals surface area contributed by atoms with Crippen LogP contribution in [0.25, 0.3) is 0 Å². The molecule has 1 fully saturated rings. The van der Waals surface area contributed by atoms with Crippen LogP contribution in [0.4, 0.5) is 0 Å². The zero-order chi connectivity index (χ0) is 15.4. The van der Waals surface area contributed by atoms with Gasteiger partial charge in [-0.2, -0.15) is 0 Å². The van der Waals surface area contributed by atoms with Crippen LogP contribution >= 0.6 is 11.3 Å². The van der Waals surface area contributed by atoms with E-state index in [1.54, 1.807) is 0 Å². The summed E-state index contributed by atoms with van der Waals surface area (Å²) in [6.45, 7) is 12.3. The van der Waals surface area contributed by atoms with Crippen molar-refractivity contribution in [2.75, 3.05) is 0 Å². The summed E-state index contributed by atoms with van der Waals surface area (Å²) in [5.41, 5.74) is 1.33. The molecule has 1 aromatic heterocycles. The predicted molar refractivity (Wildman–Crippen MR) is 93.2 cm³/mol. The van der Waals surface area contributed by atoms with E-state index >= 15 is 0 Å². The number of nitrogens with one attached hydrogen (secondary N) is 1. The Bertz CT molecular complexity index is 428. The number of rotatable bonds is 6. The fourth-order valence-electron chi connectivity index (χ4n) is 3.25. The second kappa shape index (κ2) is 7.73. The van der Waals surface area contributed by atoms with E-state index in [9.17, 15) is 0 Å². The van der Waals surface area contributed by atoms with Gasteiger partial charge in [-0.1, -0.05) is 41.0 Å². The third-order valence-corrected chi connectivity index (χ3v) is 5.97. The Hall–Kier alpha value is -0.410. The maximum Gasteiger partial charge on any atom is 0.0962 e. The molecule has 1 aliphatic carbocycles. The molecule has 2 nitrogen and oxygen atoms in total. The smallest absolute Gasteiger partial charge is 0.0962 e. The Kier molecular flexibility index (Phi) is 6.24. The highest BCUT2D eigenvalue weighted by Crippen LogP contribution is 2.40. The molecule has 0 unspecified atom stereocenters. The van der Waals surface area contributed by atoms with Crippen molar-refractivity contribution in [2.24, 2.45) is 5.92 Å². The molecule has 0 aliphatic heterocycles. The van der Waals surface area contributed by atoms with E-state index in [0.717, 1.165) is 18.4 Å². The molecule has 1 saturated carbocycles. The lowest BCUT2D eigenvalue weighted by Gasteiger charge is -2.26. The lowest BCUT2D eigenvalue weighted by Crippen LogP contribution is -2.22. The van der Waals surface area contributed by atoms with E-state index in [1.165, 1.54) is 47.7 Å².